The van der Waals surface area contributed by atoms with Gasteiger partial charge in [-0.2, -0.15) is 0 Å². The van der Waals surface area contributed by atoms with Gasteiger partial charge in [-0.1, -0.05) is 20.8 Å². The van der Waals surface area contributed by atoms with Gasteiger partial charge in [0, 0.05) is 19.1 Å². The van der Waals surface area contributed by atoms with Crippen molar-refractivity contribution in [3.8, 4) is 0 Å². The van der Waals surface area contributed by atoms with E-state index in [4.69, 9.17) is 10.5 Å². The molecule has 0 amide bonds. The standard InChI is InChI=1S/C13H28N2O/c1-11-10-16-6-5-15(11)9-12(8-14)7-13(2,3)4/h11-12H,5-10,14H2,1-4H3. The number of nitrogens with two attached hydrogens (primary N) is 1. The van der Waals surface area contributed by atoms with E-state index in [-0.39, 0.29) is 0 Å². The number of nitrogens with zero attached hydrogens (tertiary/aromatic N) is 1. The van der Waals surface area contributed by atoms with Gasteiger partial charge < -0.3 is 10.5 Å². The first-order valence-electron chi connectivity index (χ1n) is 6.44. The molecule has 0 spiro atoms. The lowest BCUT2D eigenvalue weighted by Gasteiger charge is -2.37. The van der Waals surface area contributed by atoms with Crippen LogP contribution in [0.2, 0.25) is 0 Å². The summed E-state index contributed by atoms with van der Waals surface area (Å²) in [5, 5.41) is 0. The molecule has 1 aliphatic rings. The van der Waals surface area contributed by atoms with Crippen molar-refractivity contribution in [2.24, 2.45) is 17.1 Å². The lowest BCUT2D eigenvalue weighted by molar-refractivity contribution is -0.00910. The average molecular weight is 228 g/mol. The Morgan fingerprint density at radius 2 is 2.12 bits per heavy atom. The Bertz CT molecular complexity index is 201. The van der Waals surface area contributed by atoms with Crippen LogP contribution in [0.5, 0.6) is 0 Å². The van der Waals surface area contributed by atoms with Crippen LogP contribution >= 0.6 is 0 Å². The second-order valence-corrected chi connectivity index (χ2v) is 6.29. The zero-order valence-electron chi connectivity index (χ0n) is 11.3. The third kappa shape index (κ3) is 4.81. The molecule has 1 rings (SSSR count). The average Bonchev–Trinajstić information content (AvgIpc) is 2.18. The van der Waals surface area contributed by atoms with Crippen LogP contribution in [-0.4, -0.2) is 43.8 Å². The summed E-state index contributed by atoms with van der Waals surface area (Å²) in [6.45, 7) is 13.8. The molecular weight excluding hydrogens is 200 g/mol. The van der Waals surface area contributed by atoms with E-state index in [1.165, 1.54) is 6.42 Å². The highest BCUT2D eigenvalue weighted by atomic mass is 16.5. The highest BCUT2D eigenvalue weighted by molar-refractivity contribution is 4.77. The largest absolute Gasteiger partial charge is 0.379 e. The van der Waals surface area contributed by atoms with Crippen LogP contribution in [0.25, 0.3) is 0 Å². The predicted molar refractivity (Wildman–Crippen MR) is 68.5 cm³/mol. The van der Waals surface area contributed by atoms with E-state index in [0.29, 0.717) is 17.4 Å². The molecule has 2 unspecified atom stereocenters. The van der Waals surface area contributed by atoms with E-state index in [2.05, 4.69) is 32.6 Å². The summed E-state index contributed by atoms with van der Waals surface area (Å²) in [7, 11) is 0. The van der Waals surface area contributed by atoms with E-state index in [1.807, 2.05) is 0 Å². The van der Waals surface area contributed by atoms with Crippen LogP contribution in [0.1, 0.15) is 34.1 Å². The molecule has 2 N–H and O–H groups in total. The molecule has 3 heteroatoms. The lowest BCUT2D eigenvalue weighted by Crippen LogP contribution is -2.47. The number of morpholine rings is 1. The minimum atomic E-state index is 0.375. The molecule has 1 heterocycles. The maximum Gasteiger partial charge on any atom is 0.0619 e. The fraction of sp³-hybridized carbons (Fsp3) is 1.00. The third-order valence-electron chi connectivity index (χ3n) is 3.23. The molecule has 3 nitrogen and oxygen atoms in total. The molecule has 1 saturated heterocycles. The highest BCUT2D eigenvalue weighted by Crippen LogP contribution is 2.25. The summed E-state index contributed by atoms with van der Waals surface area (Å²) in [4.78, 5) is 2.52. The Morgan fingerprint density at radius 3 is 2.62 bits per heavy atom. The molecule has 16 heavy (non-hydrogen) atoms. The molecule has 2 atom stereocenters. The van der Waals surface area contributed by atoms with Gasteiger partial charge in [-0.3, -0.25) is 4.90 Å². The van der Waals surface area contributed by atoms with Gasteiger partial charge in [-0.05, 0) is 31.2 Å². The monoisotopic (exact) mass is 228 g/mol. The van der Waals surface area contributed by atoms with Gasteiger partial charge in [0.15, 0.2) is 0 Å². The number of rotatable bonds is 4. The first-order chi connectivity index (χ1) is 7.42. The van der Waals surface area contributed by atoms with Crippen LogP contribution in [0.4, 0.5) is 0 Å². The van der Waals surface area contributed by atoms with Gasteiger partial charge in [-0.25, -0.2) is 0 Å². The summed E-state index contributed by atoms with van der Waals surface area (Å²) < 4.78 is 5.46. The Labute approximate surface area is 100 Å². The Morgan fingerprint density at radius 1 is 1.44 bits per heavy atom. The van der Waals surface area contributed by atoms with Crippen molar-refractivity contribution in [1.29, 1.82) is 0 Å². The van der Waals surface area contributed by atoms with Crippen LogP contribution in [0.3, 0.4) is 0 Å². The fourth-order valence-corrected chi connectivity index (χ4v) is 2.45. The first-order valence-corrected chi connectivity index (χ1v) is 6.44. The van der Waals surface area contributed by atoms with Crippen molar-refractivity contribution in [2.45, 2.75) is 40.2 Å². The number of hydrogen-bond donors (Lipinski definition) is 1. The van der Waals surface area contributed by atoms with E-state index in [1.54, 1.807) is 0 Å². The minimum Gasteiger partial charge on any atom is -0.379 e. The Kier molecular flexibility index (Phi) is 5.22. The molecule has 0 aromatic heterocycles. The van der Waals surface area contributed by atoms with E-state index in [9.17, 15) is 0 Å². The molecule has 1 aliphatic heterocycles. The molecular formula is C13H28N2O. The van der Waals surface area contributed by atoms with E-state index in [0.717, 1.165) is 32.8 Å². The second-order valence-electron chi connectivity index (χ2n) is 6.29. The van der Waals surface area contributed by atoms with Gasteiger partial charge in [0.25, 0.3) is 0 Å². The van der Waals surface area contributed by atoms with E-state index < -0.39 is 0 Å². The second kappa shape index (κ2) is 5.99. The van der Waals surface area contributed by atoms with Gasteiger partial charge in [0.05, 0.1) is 13.2 Å². The Balaban J connectivity index is 2.42. The predicted octanol–water partition coefficient (Wildman–Crippen LogP) is 1.72. The molecule has 0 aromatic carbocycles. The smallest absolute Gasteiger partial charge is 0.0619 e. The quantitative estimate of drug-likeness (QED) is 0.796. The normalized spacial score (nSPS) is 25.7. The zero-order valence-corrected chi connectivity index (χ0v) is 11.3. The van der Waals surface area contributed by atoms with Crippen LogP contribution < -0.4 is 5.73 Å². The van der Waals surface area contributed by atoms with Crippen molar-refractivity contribution in [3.63, 3.8) is 0 Å². The van der Waals surface area contributed by atoms with Gasteiger partial charge in [0.2, 0.25) is 0 Å². The zero-order chi connectivity index (χ0) is 12.2. The van der Waals surface area contributed by atoms with Gasteiger partial charge in [-0.15, -0.1) is 0 Å². The van der Waals surface area contributed by atoms with Gasteiger partial charge >= 0.3 is 0 Å². The maximum absolute atomic E-state index is 5.88. The molecule has 0 saturated carbocycles. The summed E-state index contributed by atoms with van der Waals surface area (Å²) in [5.74, 6) is 0.612. The molecule has 96 valence electrons. The van der Waals surface area contributed by atoms with Crippen molar-refractivity contribution in [2.75, 3.05) is 32.8 Å². The third-order valence-corrected chi connectivity index (χ3v) is 3.23. The maximum atomic E-state index is 5.88. The van der Waals surface area contributed by atoms with Crippen LogP contribution in [0, 0.1) is 11.3 Å². The summed E-state index contributed by atoms with van der Waals surface area (Å²) in [5.41, 5.74) is 6.26. The van der Waals surface area contributed by atoms with Gasteiger partial charge in [0.1, 0.15) is 0 Å². The SMILES string of the molecule is CC1COCCN1CC(CN)CC(C)(C)C. The van der Waals surface area contributed by atoms with Crippen LogP contribution in [0.15, 0.2) is 0 Å². The molecule has 0 aromatic rings. The molecule has 0 bridgehead atoms. The number of hydrogen-bond acceptors (Lipinski definition) is 3. The molecule has 0 aliphatic carbocycles. The van der Waals surface area contributed by atoms with Crippen LogP contribution in [-0.2, 0) is 4.74 Å². The Hall–Kier alpha value is -0.120. The highest BCUT2D eigenvalue weighted by Gasteiger charge is 2.24. The van der Waals surface area contributed by atoms with Crippen molar-refractivity contribution >= 4 is 0 Å². The minimum absolute atomic E-state index is 0.375. The summed E-state index contributed by atoms with van der Waals surface area (Å²) in [6.07, 6.45) is 1.20. The van der Waals surface area contributed by atoms with Crippen molar-refractivity contribution in [1.82, 2.24) is 4.90 Å². The van der Waals surface area contributed by atoms with Crippen molar-refractivity contribution < 1.29 is 4.74 Å². The van der Waals surface area contributed by atoms with E-state index >= 15 is 0 Å². The molecule has 1 fully saturated rings. The fourth-order valence-electron chi connectivity index (χ4n) is 2.45. The summed E-state index contributed by atoms with van der Waals surface area (Å²) in [6, 6.07) is 0.544. The first kappa shape index (κ1) is 13.9. The molecule has 0 radical (unpaired) electrons. The summed E-state index contributed by atoms with van der Waals surface area (Å²) >= 11 is 0. The lowest BCUT2D eigenvalue weighted by atomic mass is 9.84. The topological polar surface area (TPSA) is 38.5 Å². The van der Waals surface area contributed by atoms with Crippen molar-refractivity contribution in [3.05, 3.63) is 0 Å². The number of ether oxygens (including phenoxy) is 1.